The van der Waals surface area contributed by atoms with Gasteiger partial charge in [0.25, 0.3) is 0 Å². The lowest BCUT2D eigenvalue weighted by Gasteiger charge is -2.55. The molecule has 3 aliphatic carbocycles. The quantitative estimate of drug-likeness (QED) is 0.174. The van der Waals surface area contributed by atoms with Gasteiger partial charge in [0.2, 0.25) is 17.5 Å². The molecule has 304 valence electrons. The average Bonchev–Trinajstić information content (AvgIpc) is 3.80. The molecule has 0 spiro atoms. The molecule has 2 N–H and O–H groups in total. The monoisotopic (exact) mass is 798 g/mol. The van der Waals surface area contributed by atoms with Crippen LogP contribution in [0.3, 0.4) is 0 Å². The largest absolute Gasteiger partial charge is 0.507 e. The van der Waals surface area contributed by atoms with Crippen molar-refractivity contribution in [2.45, 2.75) is 103 Å². The van der Waals surface area contributed by atoms with Crippen LogP contribution in [-0.2, 0) is 31.8 Å². The molecule has 4 aliphatic rings. The number of aryl methyl sites for hydroxylation is 1. The molecule has 7 rings (SSSR count). The normalized spacial score (nSPS) is 24.5. The van der Waals surface area contributed by atoms with Crippen LogP contribution in [0.1, 0.15) is 90.1 Å². The third-order valence-corrected chi connectivity index (χ3v) is 17.4. The van der Waals surface area contributed by atoms with E-state index in [1.807, 2.05) is 62.4 Å². The lowest BCUT2D eigenvalue weighted by molar-refractivity contribution is -0.140. The van der Waals surface area contributed by atoms with Crippen molar-refractivity contribution >= 4 is 43.3 Å². The molecule has 0 unspecified atom stereocenters. The Morgan fingerprint density at radius 1 is 1.11 bits per heavy atom. The number of anilines is 1. The summed E-state index contributed by atoms with van der Waals surface area (Å²) >= 11 is 0. The topological polar surface area (TPSA) is 161 Å². The summed E-state index contributed by atoms with van der Waals surface area (Å²) in [6.45, 7) is 14.2. The van der Waals surface area contributed by atoms with Crippen LogP contribution in [0.5, 0.6) is 5.75 Å². The van der Waals surface area contributed by atoms with E-state index in [4.69, 9.17) is 18.4 Å². The number of aliphatic hydroxyl groups is 1. The van der Waals surface area contributed by atoms with Crippen molar-refractivity contribution in [2.75, 3.05) is 33.1 Å². The van der Waals surface area contributed by atoms with Crippen LogP contribution in [0.25, 0.3) is 5.76 Å². The van der Waals surface area contributed by atoms with Crippen LogP contribution in [0.15, 0.2) is 46.5 Å². The minimum Gasteiger partial charge on any atom is -0.507 e. The number of hydrogen-bond acceptors (Lipinski definition) is 11. The van der Waals surface area contributed by atoms with Crippen LogP contribution >= 0.6 is 0 Å². The number of ketones is 2. The molecule has 2 amide bonds. The highest BCUT2D eigenvalue weighted by Crippen LogP contribution is 2.58. The Hall–Kier alpha value is -4.79. The molecule has 1 saturated carbocycles. The second-order valence-corrected chi connectivity index (χ2v) is 22.4. The van der Waals surface area contributed by atoms with Gasteiger partial charge in [0.05, 0.1) is 24.4 Å². The number of Topliss-reactive ketones (excluding diaryl/α,β-unsaturated/α-hetero) is 2. The van der Waals surface area contributed by atoms with E-state index in [0.717, 1.165) is 5.56 Å². The zero-order chi connectivity index (χ0) is 41.4. The maximum atomic E-state index is 15.5. The van der Waals surface area contributed by atoms with E-state index in [1.54, 1.807) is 19.9 Å². The zero-order valence-corrected chi connectivity index (χ0v) is 35.6. The first-order valence-corrected chi connectivity index (χ1v) is 22.6. The molecule has 0 bridgehead atoms. The SMILES string of the molecule is COc1cc(NC(=O)[C@H]2CCCN2C(=O)OCc2ccccc2)c(C)c2c1C[C@H]1C[C@H]3[C@H](N(C)C)c4onc(C)c4C(=O)[C@@]3(O[Si](C)(C)C(C)(C)C)C(=O)C1=C2O. The lowest BCUT2D eigenvalue weighted by Crippen LogP contribution is -2.68. The van der Waals surface area contributed by atoms with Gasteiger partial charge in [-0.25, -0.2) is 4.79 Å². The summed E-state index contributed by atoms with van der Waals surface area (Å²) in [4.78, 5) is 61.1. The Bertz CT molecular complexity index is 2170. The Balaban J connectivity index is 1.28. The molecule has 1 saturated heterocycles. The highest BCUT2D eigenvalue weighted by Gasteiger charge is 2.68. The second-order valence-electron chi connectivity index (χ2n) is 17.7. The number of carbonyl (C=O) groups is 4. The second kappa shape index (κ2) is 14.5. The van der Waals surface area contributed by atoms with E-state index in [-0.39, 0.29) is 28.5 Å². The summed E-state index contributed by atoms with van der Waals surface area (Å²) in [7, 11) is 2.46. The van der Waals surface area contributed by atoms with E-state index in [1.165, 1.54) is 12.0 Å². The summed E-state index contributed by atoms with van der Waals surface area (Å²) in [5.41, 5.74) is 1.61. The molecule has 1 aromatic heterocycles. The van der Waals surface area contributed by atoms with Gasteiger partial charge in [0, 0.05) is 40.9 Å². The fourth-order valence-corrected chi connectivity index (χ4v) is 10.6. The Morgan fingerprint density at radius 3 is 2.46 bits per heavy atom. The van der Waals surface area contributed by atoms with Crippen LogP contribution in [0, 0.1) is 25.7 Å². The van der Waals surface area contributed by atoms with Gasteiger partial charge in [0.15, 0.2) is 19.7 Å². The number of hydrogen-bond donors (Lipinski definition) is 2. The molecular formula is C43H54N4O9Si. The van der Waals surface area contributed by atoms with Gasteiger partial charge >= 0.3 is 6.09 Å². The number of nitrogens with one attached hydrogen (secondary N) is 1. The summed E-state index contributed by atoms with van der Waals surface area (Å²) in [5.74, 6) is -1.98. The maximum absolute atomic E-state index is 15.5. The number of nitrogens with zero attached hydrogens (tertiary/aromatic N) is 3. The van der Waals surface area contributed by atoms with Gasteiger partial charge in [-0.1, -0.05) is 56.3 Å². The molecule has 14 heteroatoms. The van der Waals surface area contributed by atoms with Crippen molar-refractivity contribution in [3.8, 4) is 5.75 Å². The van der Waals surface area contributed by atoms with Crippen molar-refractivity contribution in [1.29, 1.82) is 0 Å². The molecule has 2 fully saturated rings. The van der Waals surface area contributed by atoms with Gasteiger partial charge in [-0.15, -0.1) is 0 Å². The van der Waals surface area contributed by atoms with Gasteiger partial charge in [-0.05, 0) is 88.8 Å². The van der Waals surface area contributed by atoms with Crippen LogP contribution in [0.2, 0.25) is 18.1 Å². The van der Waals surface area contributed by atoms with E-state index in [9.17, 15) is 14.7 Å². The van der Waals surface area contributed by atoms with Crippen molar-refractivity contribution in [1.82, 2.24) is 15.0 Å². The van der Waals surface area contributed by atoms with Gasteiger partial charge in [-0.2, -0.15) is 0 Å². The van der Waals surface area contributed by atoms with Crippen LogP contribution in [-0.4, -0.2) is 91.3 Å². The Labute approximate surface area is 334 Å². The number of benzene rings is 2. The molecule has 13 nitrogen and oxygen atoms in total. The number of rotatable bonds is 8. The Morgan fingerprint density at radius 2 is 1.81 bits per heavy atom. The molecule has 1 aliphatic heterocycles. The number of aromatic nitrogens is 1. The fourth-order valence-electron chi connectivity index (χ4n) is 9.11. The Kier molecular flexibility index (Phi) is 10.3. The maximum Gasteiger partial charge on any atom is 0.410 e. The average molecular weight is 799 g/mol. The molecule has 2 heterocycles. The van der Waals surface area contributed by atoms with E-state index in [0.29, 0.717) is 71.8 Å². The predicted molar refractivity (Wildman–Crippen MR) is 216 cm³/mol. The first-order valence-electron chi connectivity index (χ1n) is 19.7. The first kappa shape index (κ1) is 40.4. The first-order chi connectivity index (χ1) is 26.8. The smallest absolute Gasteiger partial charge is 0.410 e. The van der Waals surface area contributed by atoms with E-state index < -0.39 is 61.4 Å². The third-order valence-electron chi connectivity index (χ3n) is 13.0. The lowest BCUT2D eigenvalue weighted by atomic mass is 9.57. The number of likely N-dealkylation sites (tertiary alicyclic amines) is 1. The zero-order valence-electron chi connectivity index (χ0n) is 34.6. The molecule has 2 aromatic carbocycles. The number of carbonyl (C=O) groups excluding carboxylic acids is 4. The minimum atomic E-state index is -2.85. The summed E-state index contributed by atoms with van der Waals surface area (Å²) in [6.07, 6.45) is 1.18. The number of ether oxygens (including phenoxy) is 2. The number of fused-ring (bicyclic) bond motifs is 4. The third kappa shape index (κ3) is 6.49. The van der Waals surface area contributed by atoms with Crippen molar-refractivity contribution < 1.29 is 42.7 Å². The van der Waals surface area contributed by atoms with Gasteiger partial charge in [-0.3, -0.25) is 24.2 Å². The standard InChI is InChI=1S/C43H54N4O9Si/c1-23-29(44-40(51)30-17-14-18-47(30)41(52)54-22-25-15-12-11-13-16-25)21-31(53-8)27-19-26-20-28-35(46(6)7)37-33(24(2)45-55-37)38(49)43(28,56-57(9,10)42(3,4)5)39(50)34(26)36(48)32(23)27/h11-13,15-16,21,26,28,30,35,48H,14,17-20,22H2,1-10H3,(H,44,51)/t26-,28-,30+,35-,43+/m0/s1. The predicted octanol–water partition coefficient (Wildman–Crippen LogP) is 7.33. The fraction of sp³-hybridized carbons (Fsp3) is 0.512. The molecule has 3 aromatic rings. The van der Waals surface area contributed by atoms with Gasteiger partial charge in [0.1, 0.15) is 24.2 Å². The van der Waals surface area contributed by atoms with Crippen LogP contribution in [0.4, 0.5) is 10.5 Å². The minimum absolute atomic E-state index is 0.0867. The highest BCUT2D eigenvalue weighted by molar-refractivity contribution is 6.74. The van der Waals surface area contributed by atoms with E-state index >= 15 is 9.59 Å². The van der Waals surface area contributed by atoms with Gasteiger partial charge < -0.3 is 28.8 Å². The highest BCUT2D eigenvalue weighted by atomic mass is 28.4. The number of amides is 2. The summed E-state index contributed by atoms with van der Waals surface area (Å²) in [5, 5.41) is 19.3. The van der Waals surface area contributed by atoms with Crippen LogP contribution < -0.4 is 10.1 Å². The summed E-state index contributed by atoms with van der Waals surface area (Å²) < 4.78 is 24.5. The van der Waals surface area contributed by atoms with Crippen molar-refractivity contribution in [3.63, 3.8) is 0 Å². The molecule has 57 heavy (non-hydrogen) atoms. The van der Waals surface area contributed by atoms with Crippen molar-refractivity contribution in [2.24, 2.45) is 11.8 Å². The molecular weight excluding hydrogens is 745 g/mol. The molecule has 0 radical (unpaired) electrons. The number of aliphatic hydroxyl groups excluding tert-OH is 1. The van der Waals surface area contributed by atoms with E-state index in [2.05, 4.69) is 31.2 Å². The van der Waals surface area contributed by atoms with Crippen molar-refractivity contribution in [3.05, 3.63) is 81.2 Å². The number of methoxy groups -OCH3 is 1. The molecule has 5 atom stereocenters. The summed E-state index contributed by atoms with van der Waals surface area (Å²) in [6, 6.07) is 9.78.